The Bertz CT molecular complexity index is 96.1. The SMILES string of the molecule is [B][P+](C)(C)CCC#C. The van der Waals surface area contributed by atoms with Crippen molar-refractivity contribution in [1.82, 2.24) is 0 Å². The Kier molecular flexibility index (Phi) is 3.18. The summed E-state index contributed by atoms with van der Waals surface area (Å²) >= 11 is 0. The molecule has 0 aliphatic rings. The fourth-order valence-corrected chi connectivity index (χ4v) is 1.06. The van der Waals surface area contributed by atoms with E-state index in [1.165, 1.54) is 0 Å². The summed E-state index contributed by atoms with van der Waals surface area (Å²) in [7, 11) is 4.66. The van der Waals surface area contributed by atoms with E-state index in [1.807, 2.05) is 0 Å². The van der Waals surface area contributed by atoms with Crippen LogP contribution >= 0.6 is 7.14 Å². The number of rotatable bonds is 2. The van der Waals surface area contributed by atoms with E-state index in [4.69, 9.17) is 14.0 Å². The lowest BCUT2D eigenvalue weighted by Crippen LogP contribution is -1.92. The molecule has 0 aromatic heterocycles. The van der Waals surface area contributed by atoms with Crippen LogP contribution in [0.5, 0.6) is 0 Å². The van der Waals surface area contributed by atoms with Gasteiger partial charge >= 0.3 is 7.57 Å². The number of hydrogen-bond acceptors (Lipinski definition) is 0. The van der Waals surface area contributed by atoms with Crippen molar-refractivity contribution >= 4 is 14.7 Å². The van der Waals surface area contributed by atoms with Gasteiger partial charge in [0.15, 0.2) is 0 Å². The van der Waals surface area contributed by atoms with E-state index < -0.39 is 7.14 Å². The van der Waals surface area contributed by atoms with Gasteiger partial charge in [-0.05, 0) is 7.14 Å². The van der Waals surface area contributed by atoms with Crippen molar-refractivity contribution in [2.24, 2.45) is 0 Å². The highest BCUT2D eigenvalue weighted by molar-refractivity contribution is 7.96. The quantitative estimate of drug-likeness (QED) is 0.297. The molecule has 0 heterocycles. The molecule has 42 valence electrons. The van der Waals surface area contributed by atoms with Crippen molar-refractivity contribution in [2.75, 3.05) is 19.5 Å². The van der Waals surface area contributed by atoms with Crippen LogP contribution in [0.15, 0.2) is 0 Å². The first-order valence-corrected chi connectivity index (χ1v) is 5.55. The highest BCUT2D eigenvalue weighted by atomic mass is 31.2. The lowest BCUT2D eigenvalue weighted by molar-refractivity contribution is 1.28. The van der Waals surface area contributed by atoms with Crippen molar-refractivity contribution in [3.05, 3.63) is 0 Å². The van der Waals surface area contributed by atoms with Crippen LogP contribution in [0.2, 0.25) is 0 Å². The highest BCUT2D eigenvalue weighted by Gasteiger charge is 2.15. The van der Waals surface area contributed by atoms with Gasteiger partial charge in [-0.2, -0.15) is 0 Å². The van der Waals surface area contributed by atoms with Crippen LogP contribution in [0.4, 0.5) is 0 Å². The molecule has 0 saturated heterocycles. The zero-order valence-corrected chi connectivity index (χ0v) is 6.41. The molecule has 0 spiro atoms. The molecule has 0 rings (SSSR count). The molecular weight excluding hydrogens is 114 g/mol. The molecule has 0 atom stereocenters. The van der Waals surface area contributed by atoms with Crippen molar-refractivity contribution in [3.63, 3.8) is 0 Å². The zero-order chi connectivity index (χ0) is 6.62. The third kappa shape index (κ3) is 6.05. The van der Waals surface area contributed by atoms with Crippen molar-refractivity contribution < 1.29 is 0 Å². The second kappa shape index (κ2) is 3.15. The van der Waals surface area contributed by atoms with Gasteiger partial charge in [-0.3, -0.25) is 0 Å². The van der Waals surface area contributed by atoms with Crippen LogP contribution in [0.1, 0.15) is 6.42 Å². The number of hydrogen-bond donors (Lipinski definition) is 0. The van der Waals surface area contributed by atoms with Gasteiger partial charge in [-0.1, -0.05) is 0 Å². The monoisotopic (exact) mass is 125 g/mol. The van der Waals surface area contributed by atoms with Gasteiger partial charge in [0.05, 0.1) is 6.16 Å². The Balaban J connectivity index is 3.28. The van der Waals surface area contributed by atoms with E-state index in [0.29, 0.717) is 0 Å². The number of terminal acetylenes is 1. The van der Waals surface area contributed by atoms with Gasteiger partial charge in [-0.25, -0.2) is 0 Å². The summed E-state index contributed by atoms with van der Waals surface area (Å²) in [6.07, 6.45) is 6.90. The minimum Gasteiger partial charge on any atom is -0.120 e. The summed E-state index contributed by atoms with van der Waals surface area (Å²) < 4.78 is 0. The molecule has 0 N–H and O–H groups in total. The van der Waals surface area contributed by atoms with Crippen LogP contribution in [0.25, 0.3) is 0 Å². The summed E-state index contributed by atoms with van der Waals surface area (Å²) in [5, 5.41) is 0. The third-order valence-corrected chi connectivity index (χ3v) is 2.21. The predicted octanol–water partition coefficient (Wildman–Crippen LogP) is 1.37. The fraction of sp³-hybridized carbons (Fsp3) is 0.667. The molecule has 0 saturated carbocycles. The molecule has 0 aromatic rings. The van der Waals surface area contributed by atoms with Crippen LogP contribution in [-0.4, -0.2) is 27.1 Å². The molecule has 0 aliphatic heterocycles. The summed E-state index contributed by atoms with van der Waals surface area (Å²) in [5.74, 6) is 2.57. The van der Waals surface area contributed by atoms with Crippen LogP contribution < -0.4 is 0 Å². The van der Waals surface area contributed by atoms with E-state index in [2.05, 4.69) is 19.3 Å². The molecule has 2 heteroatoms. The minimum atomic E-state index is -1.07. The zero-order valence-electron chi connectivity index (χ0n) is 5.52. The molecule has 0 aliphatic carbocycles. The van der Waals surface area contributed by atoms with Crippen LogP contribution in [0.3, 0.4) is 0 Å². The Labute approximate surface area is 53.8 Å². The Morgan fingerprint density at radius 3 is 2.25 bits per heavy atom. The van der Waals surface area contributed by atoms with Gasteiger partial charge in [0, 0.05) is 19.8 Å². The van der Waals surface area contributed by atoms with Crippen molar-refractivity contribution in [1.29, 1.82) is 0 Å². The summed E-state index contributed by atoms with van der Waals surface area (Å²) in [6, 6.07) is 0. The standard InChI is InChI=1S/C6H11BP/c1-4-5-6-8(2,3)7/h1H,5-6H2,2-3H3/q+1. The van der Waals surface area contributed by atoms with E-state index in [9.17, 15) is 0 Å². The molecule has 0 bridgehead atoms. The van der Waals surface area contributed by atoms with E-state index in [-0.39, 0.29) is 0 Å². The normalized spacial score (nSPS) is 10.6. The maximum Gasteiger partial charge on any atom is 0.364 e. The summed E-state index contributed by atoms with van der Waals surface area (Å²) in [6.45, 7) is 4.18. The first-order chi connectivity index (χ1) is 3.56. The molecule has 0 nitrogen and oxygen atoms in total. The van der Waals surface area contributed by atoms with E-state index in [0.717, 1.165) is 12.6 Å². The average Bonchev–Trinajstić information content (AvgIpc) is 1.59. The topological polar surface area (TPSA) is 0 Å². The minimum absolute atomic E-state index is 0.831. The predicted molar refractivity (Wildman–Crippen MR) is 42.8 cm³/mol. The van der Waals surface area contributed by atoms with E-state index >= 15 is 0 Å². The second-order valence-corrected chi connectivity index (χ2v) is 6.46. The van der Waals surface area contributed by atoms with Gasteiger partial charge in [0.1, 0.15) is 0 Å². The van der Waals surface area contributed by atoms with Crippen LogP contribution in [-0.2, 0) is 0 Å². The fourth-order valence-electron chi connectivity index (χ4n) is 0.353. The Hall–Kier alpha value is 0.0549. The molecule has 0 fully saturated rings. The lowest BCUT2D eigenvalue weighted by atomic mass is 10.5. The highest BCUT2D eigenvalue weighted by Crippen LogP contribution is 2.45. The van der Waals surface area contributed by atoms with Gasteiger partial charge in [0.2, 0.25) is 0 Å². The molecule has 0 amide bonds. The average molecular weight is 125 g/mol. The Morgan fingerprint density at radius 1 is 1.62 bits per heavy atom. The first kappa shape index (κ1) is 8.05. The summed E-state index contributed by atoms with van der Waals surface area (Å²) in [5.41, 5.74) is 0. The molecule has 0 aromatic carbocycles. The van der Waals surface area contributed by atoms with E-state index in [1.54, 1.807) is 0 Å². The maximum atomic E-state index is 5.74. The van der Waals surface area contributed by atoms with Gasteiger partial charge in [-0.15, -0.1) is 12.3 Å². The molecule has 8 heavy (non-hydrogen) atoms. The largest absolute Gasteiger partial charge is 0.364 e. The third-order valence-electron chi connectivity index (χ3n) is 0.832. The maximum absolute atomic E-state index is 5.74. The molecule has 2 radical (unpaired) electrons. The van der Waals surface area contributed by atoms with Crippen LogP contribution in [0, 0.1) is 12.3 Å². The van der Waals surface area contributed by atoms with Crippen molar-refractivity contribution in [3.8, 4) is 12.3 Å². The second-order valence-electron chi connectivity index (χ2n) is 2.46. The summed E-state index contributed by atoms with van der Waals surface area (Å²) in [4.78, 5) is 0. The smallest absolute Gasteiger partial charge is 0.120 e. The van der Waals surface area contributed by atoms with Crippen molar-refractivity contribution in [2.45, 2.75) is 6.42 Å². The Morgan fingerprint density at radius 2 is 2.12 bits per heavy atom. The van der Waals surface area contributed by atoms with Gasteiger partial charge < -0.3 is 0 Å². The lowest BCUT2D eigenvalue weighted by Gasteiger charge is -2.07. The van der Waals surface area contributed by atoms with Gasteiger partial charge in [0.25, 0.3) is 0 Å². The molecule has 0 unspecified atom stereocenters. The molecular formula is C6H11BP+. The first-order valence-electron chi connectivity index (χ1n) is 2.61.